The average Bonchev–Trinajstić information content (AvgIpc) is 2.88. The molecule has 3 nitrogen and oxygen atoms in total. The van der Waals surface area contributed by atoms with E-state index in [4.69, 9.17) is 17.3 Å². The number of nitrogens with zero attached hydrogens (tertiary/aromatic N) is 2. The van der Waals surface area contributed by atoms with Crippen molar-refractivity contribution in [2.24, 2.45) is 5.73 Å². The summed E-state index contributed by atoms with van der Waals surface area (Å²) in [6.45, 7) is 0. The first-order chi connectivity index (χ1) is 9.11. The summed E-state index contributed by atoms with van der Waals surface area (Å²) in [6.07, 6.45) is 4.71. The molecule has 1 aromatic carbocycles. The molecule has 0 saturated carbocycles. The number of rotatable bonds is 3. The van der Waals surface area contributed by atoms with Gasteiger partial charge in [0.1, 0.15) is 0 Å². The molecule has 0 saturated heterocycles. The summed E-state index contributed by atoms with van der Waals surface area (Å²) in [5.41, 5.74) is 8.24. The van der Waals surface area contributed by atoms with Crippen LogP contribution in [0.3, 0.4) is 0 Å². The fourth-order valence-corrected chi connectivity index (χ4v) is 3.61. The molecule has 19 heavy (non-hydrogen) atoms. The molecule has 0 bridgehead atoms. The lowest BCUT2D eigenvalue weighted by Gasteiger charge is -2.11. The number of nitrogens with two attached hydrogens (primary N) is 1. The summed E-state index contributed by atoms with van der Waals surface area (Å²) in [4.78, 5) is 5.53. The third kappa shape index (κ3) is 2.84. The molecule has 0 spiro atoms. The summed E-state index contributed by atoms with van der Waals surface area (Å²) in [5, 5.41) is 2.70. The number of fused-ring (bicyclic) bond motifs is 1. The SMILES string of the molecule is NC(Cc1cn2ccsc2n1)c1cc(Cl)cc(Br)c1. The summed E-state index contributed by atoms with van der Waals surface area (Å²) >= 11 is 11.1. The minimum Gasteiger partial charge on any atom is -0.324 e. The van der Waals surface area contributed by atoms with E-state index >= 15 is 0 Å². The standard InChI is InChI=1S/C13H11BrClN3S/c14-9-3-8(4-10(15)5-9)12(16)6-11-7-18-1-2-19-13(18)17-11/h1-5,7,12H,6,16H2. The van der Waals surface area contributed by atoms with Crippen molar-refractivity contribution in [3.05, 3.63) is 56.7 Å². The number of hydrogen-bond donors (Lipinski definition) is 1. The highest BCUT2D eigenvalue weighted by Crippen LogP contribution is 2.25. The molecule has 6 heteroatoms. The molecule has 3 rings (SSSR count). The molecular formula is C13H11BrClN3S. The lowest BCUT2D eigenvalue weighted by Crippen LogP contribution is -2.13. The molecule has 2 aromatic heterocycles. The Balaban J connectivity index is 1.84. The van der Waals surface area contributed by atoms with E-state index in [1.807, 2.05) is 40.4 Å². The smallest absolute Gasteiger partial charge is 0.193 e. The molecule has 1 atom stereocenters. The van der Waals surface area contributed by atoms with Gasteiger partial charge in [0, 0.05) is 39.7 Å². The van der Waals surface area contributed by atoms with E-state index in [-0.39, 0.29) is 6.04 Å². The van der Waals surface area contributed by atoms with Gasteiger partial charge in [0.15, 0.2) is 4.96 Å². The van der Waals surface area contributed by atoms with E-state index in [9.17, 15) is 0 Å². The molecule has 2 N–H and O–H groups in total. The maximum absolute atomic E-state index is 6.23. The predicted molar refractivity (Wildman–Crippen MR) is 82.9 cm³/mol. The van der Waals surface area contributed by atoms with Crippen LogP contribution in [-0.4, -0.2) is 9.38 Å². The van der Waals surface area contributed by atoms with E-state index < -0.39 is 0 Å². The highest BCUT2D eigenvalue weighted by atomic mass is 79.9. The van der Waals surface area contributed by atoms with Crippen LogP contribution >= 0.6 is 38.9 Å². The first-order valence-corrected chi connectivity index (χ1v) is 7.79. The predicted octanol–water partition coefficient (Wildman–Crippen LogP) is 4.05. The molecule has 0 aliphatic heterocycles. The van der Waals surface area contributed by atoms with Gasteiger partial charge in [-0.1, -0.05) is 27.5 Å². The van der Waals surface area contributed by atoms with Crippen molar-refractivity contribution in [3.8, 4) is 0 Å². The van der Waals surface area contributed by atoms with Crippen LogP contribution in [0.5, 0.6) is 0 Å². The molecule has 0 aliphatic carbocycles. The van der Waals surface area contributed by atoms with Crippen molar-refractivity contribution in [2.75, 3.05) is 0 Å². The summed E-state index contributed by atoms with van der Waals surface area (Å²) < 4.78 is 2.96. The van der Waals surface area contributed by atoms with Gasteiger partial charge in [-0.3, -0.25) is 4.40 Å². The molecule has 0 aliphatic rings. The molecule has 0 radical (unpaired) electrons. The van der Waals surface area contributed by atoms with Crippen LogP contribution in [0, 0.1) is 0 Å². The Labute approximate surface area is 128 Å². The molecule has 0 fully saturated rings. The Morgan fingerprint density at radius 2 is 2.26 bits per heavy atom. The molecular weight excluding hydrogens is 346 g/mol. The maximum Gasteiger partial charge on any atom is 0.193 e. The van der Waals surface area contributed by atoms with Gasteiger partial charge in [0.25, 0.3) is 0 Å². The van der Waals surface area contributed by atoms with Gasteiger partial charge in [0.2, 0.25) is 0 Å². The fraction of sp³-hybridized carbons (Fsp3) is 0.154. The molecule has 1 unspecified atom stereocenters. The van der Waals surface area contributed by atoms with Gasteiger partial charge in [-0.15, -0.1) is 11.3 Å². The monoisotopic (exact) mass is 355 g/mol. The van der Waals surface area contributed by atoms with E-state index in [0.717, 1.165) is 20.7 Å². The molecule has 98 valence electrons. The summed E-state index contributed by atoms with van der Waals surface area (Å²) in [5.74, 6) is 0. The van der Waals surface area contributed by atoms with Crippen LogP contribution in [0.1, 0.15) is 17.3 Å². The second kappa shape index (κ2) is 5.25. The topological polar surface area (TPSA) is 43.3 Å². The van der Waals surface area contributed by atoms with Crippen LogP contribution in [0.25, 0.3) is 4.96 Å². The van der Waals surface area contributed by atoms with Crippen molar-refractivity contribution in [1.82, 2.24) is 9.38 Å². The van der Waals surface area contributed by atoms with Crippen LogP contribution in [-0.2, 0) is 6.42 Å². The van der Waals surface area contributed by atoms with Gasteiger partial charge >= 0.3 is 0 Å². The van der Waals surface area contributed by atoms with E-state index in [0.29, 0.717) is 11.4 Å². The minimum absolute atomic E-state index is 0.111. The molecule has 3 aromatic rings. The van der Waals surface area contributed by atoms with Crippen molar-refractivity contribution in [1.29, 1.82) is 0 Å². The highest BCUT2D eigenvalue weighted by molar-refractivity contribution is 9.10. The third-order valence-electron chi connectivity index (χ3n) is 2.89. The first-order valence-electron chi connectivity index (χ1n) is 5.74. The van der Waals surface area contributed by atoms with Crippen LogP contribution in [0.15, 0.2) is 40.4 Å². The minimum atomic E-state index is -0.111. The number of imidazole rings is 1. The summed E-state index contributed by atoms with van der Waals surface area (Å²) in [6, 6.07) is 5.63. The number of halogens is 2. The summed E-state index contributed by atoms with van der Waals surface area (Å²) in [7, 11) is 0. The Morgan fingerprint density at radius 1 is 1.42 bits per heavy atom. The lowest BCUT2D eigenvalue weighted by atomic mass is 10.0. The van der Waals surface area contributed by atoms with E-state index in [2.05, 4.69) is 20.9 Å². The van der Waals surface area contributed by atoms with Crippen molar-refractivity contribution < 1.29 is 0 Å². The number of aromatic nitrogens is 2. The number of thiazole rings is 1. The zero-order valence-electron chi connectivity index (χ0n) is 9.88. The Kier molecular flexibility index (Phi) is 3.62. The normalized spacial score (nSPS) is 13.0. The van der Waals surface area contributed by atoms with Gasteiger partial charge in [-0.05, 0) is 23.8 Å². The quantitative estimate of drug-likeness (QED) is 0.769. The Hall–Kier alpha value is -0.880. The van der Waals surface area contributed by atoms with Crippen molar-refractivity contribution in [2.45, 2.75) is 12.5 Å². The lowest BCUT2D eigenvalue weighted by molar-refractivity contribution is 0.710. The van der Waals surface area contributed by atoms with Gasteiger partial charge in [-0.2, -0.15) is 0 Å². The Bertz CT molecular complexity index is 673. The van der Waals surface area contributed by atoms with E-state index in [1.165, 1.54) is 0 Å². The molecule has 2 heterocycles. The Morgan fingerprint density at radius 3 is 3.00 bits per heavy atom. The van der Waals surface area contributed by atoms with Crippen LogP contribution in [0.4, 0.5) is 0 Å². The number of benzene rings is 1. The van der Waals surface area contributed by atoms with Crippen LogP contribution in [0.2, 0.25) is 5.02 Å². The van der Waals surface area contributed by atoms with Gasteiger partial charge < -0.3 is 5.73 Å². The van der Waals surface area contributed by atoms with Gasteiger partial charge in [0.05, 0.1) is 5.69 Å². The zero-order valence-corrected chi connectivity index (χ0v) is 13.0. The van der Waals surface area contributed by atoms with Crippen molar-refractivity contribution in [3.63, 3.8) is 0 Å². The van der Waals surface area contributed by atoms with E-state index in [1.54, 1.807) is 11.3 Å². The van der Waals surface area contributed by atoms with Crippen LogP contribution < -0.4 is 5.73 Å². The third-order valence-corrected chi connectivity index (χ3v) is 4.33. The zero-order chi connectivity index (χ0) is 13.4. The number of hydrogen-bond acceptors (Lipinski definition) is 3. The first kappa shape index (κ1) is 13.1. The van der Waals surface area contributed by atoms with Gasteiger partial charge in [-0.25, -0.2) is 4.98 Å². The highest BCUT2D eigenvalue weighted by Gasteiger charge is 2.11. The second-order valence-electron chi connectivity index (χ2n) is 4.34. The average molecular weight is 357 g/mol. The maximum atomic E-state index is 6.23. The largest absolute Gasteiger partial charge is 0.324 e. The fourth-order valence-electron chi connectivity index (χ4n) is 2.01. The second-order valence-corrected chi connectivity index (χ2v) is 6.56. The van der Waals surface area contributed by atoms with Crippen molar-refractivity contribution >= 4 is 43.8 Å². The molecule has 0 amide bonds.